The Morgan fingerprint density at radius 1 is 1.60 bits per heavy atom. The fourth-order valence-electron chi connectivity index (χ4n) is 0.681. The second kappa shape index (κ2) is 5.95. The van der Waals surface area contributed by atoms with Crippen molar-refractivity contribution in [3.05, 3.63) is 45.8 Å². The molecular weight excluding hydrogens is 196 g/mol. The molecule has 0 fully saturated rings. The summed E-state index contributed by atoms with van der Waals surface area (Å²) in [6.07, 6.45) is 1.97. The molecule has 0 aliphatic heterocycles. The molecular formula is C9H8N4O2. The smallest absolute Gasteiger partial charge is 0.267 e. The molecule has 0 amide bonds. The maximum absolute atomic E-state index is 10.5. The van der Waals surface area contributed by atoms with Crippen LogP contribution in [0.15, 0.2) is 35.7 Å². The summed E-state index contributed by atoms with van der Waals surface area (Å²) < 4.78 is 0. The Morgan fingerprint density at radius 2 is 2.20 bits per heavy atom. The lowest BCUT2D eigenvalue weighted by molar-refractivity contribution is -0.419. The van der Waals surface area contributed by atoms with Crippen LogP contribution in [0.1, 0.15) is 6.42 Å². The van der Waals surface area contributed by atoms with Gasteiger partial charge in [0, 0.05) is 17.8 Å². The number of nitro groups is 1. The molecule has 76 valence electrons. The van der Waals surface area contributed by atoms with Gasteiger partial charge in [0.15, 0.2) is 0 Å². The highest BCUT2D eigenvalue weighted by atomic mass is 16.6. The van der Waals surface area contributed by atoms with E-state index >= 15 is 0 Å². The zero-order chi connectivity index (χ0) is 11.8. The molecule has 0 aromatic heterocycles. The van der Waals surface area contributed by atoms with E-state index in [1.165, 1.54) is 0 Å². The van der Waals surface area contributed by atoms with Crippen LogP contribution in [0.4, 0.5) is 0 Å². The fraction of sp³-hybridized carbons (Fsp3) is 0.111. The topological polar surface area (TPSA) is 117 Å². The van der Waals surface area contributed by atoms with Gasteiger partial charge >= 0.3 is 0 Å². The third-order valence-corrected chi connectivity index (χ3v) is 1.37. The normalized spacial score (nSPS) is 11.3. The first-order valence-corrected chi connectivity index (χ1v) is 3.81. The van der Waals surface area contributed by atoms with Crippen molar-refractivity contribution >= 4 is 0 Å². The van der Waals surface area contributed by atoms with Gasteiger partial charge in [0.25, 0.3) is 5.70 Å². The van der Waals surface area contributed by atoms with Crippen molar-refractivity contribution in [2.75, 3.05) is 0 Å². The van der Waals surface area contributed by atoms with Crippen molar-refractivity contribution in [3.8, 4) is 12.1 Å². The van der Waals surface area contributed by atoms with Crippen molar-refractivity contribution in [1.29, 1.82) is 10.5 Å². The van der Waals surface area contributed by atoms with Crippen LogP contribution in [0.25, 0.3) is 0 Å². The summed E-state index contributed by atoms with van der Waals surface area (Å²) in [5.41, 5.74) is 4.74. The number of rotatable bonds is 4. The molecule has 0 aromatic carbocycles. The largest absolute Gasteiger partial charge is 0.398 e. The fourth-order valence-corrected chi connectivity index (χ4v) is 0.681. The summed E-state index contributed by atoms with van der Waals surface area (Å²) in [5.74, 6) is 0. The monoisotopic (exact) mass is 204 g/mol. The highest BCUT2D eigenvalue weighted by Gasteiger charge is 2.09. The zero-order valence-electron chi connectivity index (χ0n) is 7.80. The lowest BCUT2D eigenvalue weighted by atomic mass is 10.2. The first-order chi connectivity index (χ1) is 7.02. The molecule has 0 saturated carbocycles. The van der Waals surface area contributed by atoms with Crippen LogP contribution in [-0.4, -0.2) is 4.92 Å². The molecule has 15 heavy (non-hydrogen) atoms. The van der Waals surface area contributed by atoms with Gasteiger partial charge in [-0.05, 0) is 0 Å². The predicted octanol–water partition coefficient (Wildman–Crippen LogP) is 0.983. The van der Waals surface area contributed by atoms with Gasteiger partial charge in [0.05, 0.1) is 23.0 Å². The molecule has 6 nitrogen and oxygen atoms in total. The second-order valence-corrected chi connectivity index (χ2v) is 2.44. The van der Waals surface area contributed by atoms with Crippen molar-refractivity contribution in [2.45, 2.75) is 6.42 Å². The quantitative estimate of drug-likeness (QED) is 0.317. The number of nitriles is 2. The third kappa shape index (κ3) is 4.25. The lowest BCUT2D eigenvalue weighted by Gasteiger charge is -1.94. The van der Waals surface area contributed by atoms with Gasteiger partial charge in [0.1, 0.15) is 6.07 Å². The Bertz CT molecular complexity index is 420. The Morgan fingerprint density at radius 3 is 2.53 bits per heavy atom. The van der Waals surface area contributed by atoms with Crippen LogP contribution in [-0.2, 0) is 0 Å². The molecule has 0 spiro atoms. The standard InChI is InChI=1S/C9H8N4O2/c1-7(12)8(6-11)5-9(13(14)15)3-2-4-10/h3,5H,1-2,12H2/b8-5-,9-3+. The average Bonchev–Trinajstić information content (AvgIpc) is 2.17. The van der Waals surface area contributed by atoms with E-state index < -0.39 is 4.92 Å². The molecule has 0 rings (SSSR count). The van der Waals surface area contributed by atoms with Crippen LogP contribution >= 0.6 is 0 Å². The van der Waals surface area contributed by atoms with Crippen molar-refractivity contribution in [3.63, 3.8) is 0 Å². The molecule has 0 radical (unpaired) electrons. The van der Waals surface area contributed by atoms with Gasteiger partial charge in [-0.2, -0.15) is 10.5 Å². The highest BCUT2D eigenvalue weighted by molar-refractivity contribution is 5.41. The molecule has 0 unspecified atom stereocenters. The molecule has 0 saturated heterocycles. The van der Waals surface area contributed by atoms with E-state index in [9.17, 15) is 10.1 Å². The average molecular weight is 204 g/mol. The SMILES string of the molecule is C=C(N)/C(C#N)=C\C(=C/CC#N)[N+](=O)[O-]. The minimum Gasteiger partial charge on any atom is -0.398 e. The summed E-state index contributed by atoms with van der Waals surface area (Å²) in [5, 5.41) is 27.3. The van der Waals surface area contributed by atoms with Gasteiger partial charge in [-0.3, -0.25) is 10.1 Å². The van der Waals surface area contributed by atoms with E-state index in [1.54, 1.807) is 12.1 Å². The van der Waals surface area contributed by atoms with E-state index in [-0.39, 0.29) is 23.4 Å². The number of nitrogens with zero attached hydrogens (tertiary/aromatic N) is 3. The Labute approximate surface area is 86.4 Å². The minimum absolute atomic E-state index is 0.0535. The maximum atomic E-state index is 10.5. The summed E-state index contributed by atoms with van der Waals surface area (Å²) in [7, 11) is 0. The summed E-state index contributed by atoms with van der Waals surface area (Å²) in [6.45, 7) is 3.29. The molecule has 0 bridgehead atoms. The highest BCUT2D eigenvalue weighted by Crippen LogP contribution is 2.07. The van der Waals surface area contributed by atoms with Crippen LogP contribution in [0, 0.1) is 32.8 Å². The molecule has 0 aliphatic carbocycles. The van der Waals surface area contributed by atoms with Crippen molar-refractivity contribution in [1.82, 2.24) is 0 Å². The lowest BCUT2D eigenvalue weighted by Crippen LogP contribution is -2.01. The van der Waals surface area contributed by atoms with Gasteiger partial charge in [-0.15, -0.1) is 0 Å². The van der Waals surface area contributed by atoms with Gasteiger partial charge in [-0.1, -0.05) is 6.58 Å². The third-order valence-electron chi connectivity index (χ3n) is 1.37. The molecule has 0 heterocycles. The zero-order valence-corrected chi connectivity index (χ0v) is 7.80. The van der Waals surface area contributed by atoms with Crippen LogP contribution < -0.4 is 5.73 Å². The van der Waals surface area contributed by atoms with E-state index in [4.69, 9.17) is 16.3 Å². The molecule has 6 heteroatoms. The maximum Gasteiger partial charge on any atom is 0.267 e. The molecule has 0 aliphatic rings. The minimum atomic E-state index is -0.697. The second-order valence-electron chi connectivity index (χ2n) is 2.44. The molecule has 0 aromatic rings. The first-order valence-electron chi connectivity index (χ1n) is 3.81. The predicted molar refractivity (Wildman–Crippen MR) is 52.3 cm³/mol. The summed E-state index contributed by atoms with van der Waals surface area (Å²) >= 11 is 0. The molecule has 0 atom stereocenters. The van der Waals surface area contributed by atoms with Gasteiger partial charge in [-0.25, -0.2) is 0 Å². The van der Waals surface area contributed by atoms with Crippen molar-refractivity contribution in [2.24, 2.45) is 5.73 Å². The van der Waals surface area contributed by atoms with Gasteiger partial charge in [0.2, 0.25) is 0 Å². The number of hydrogen-bond donors (Lipinski definition) is 1. The number of hydrogen-bond acceptors (Lipinski definition) is 5. The Balaban J connectivity index is 5.16. The van der Waals surface area contributed by atoms with Crippen LogP contribution in [0.3, 0.4) is 0 Å². The van der Waals surface area contributed by atoms with E-state index in [0.29, 0.717) is 0 Å². The van der Waals surface area contributed by atoms with E-state index in [0.717, 1.165) is 12.2 Å². The van der Waals surface area contributed by atoms with Crippen LogP contribution in [0.5, 0.6) is 0 Å². The molecule has 2 N–H and O–H groups in total. The van der Waals surface area contributed by atoms with E-state index in [1.807, 2.05) is 0 Å². The number of allylic oxidation sites excluding steroid dienone is 3. The van der Waals surface area contributed by atoms with Crippen molar-refractivity contribution < 1.29 is 4.92 Å². The summed E-state index contributed by atoms with van der Waals surface area (Å²) in [4.78, 5) is 9.79. The first kappa shape index (κ1) is 12.4. The summed E-state index contributed by atoms with van der Waals surface area (Å²) in [6, 6.07) is 3.40. The van der Waals surface area contributed by atoms with E-state index in [2.05, 4.69) is 6.58 Å². The number of nitrogens with two attached hydrogens (primary N) is 1. The Hall–Kier alpha value is -2.60. The van der Waals surface area contributed by atoms with Gasteiger partial charge < -0.3 is 5.73 Å². The van der Waals surface area contributed by atoms with Crippen LogP contribution in [0.2, 0.25) is 0 Å². The Kier molecular flexibility index (Phi) is 4.92.